The monoisotopic (exact) mass is 284 g/mol. The fraction of sp³-hybridized carbons (Fsp3) is 0.333. The van der Waals surface area contributed by atoms with Crippen molar-refractivity contribution in [2.75, 3.05) is 25.6 Å². The van der Waals surface area contributed by atoms with Crippen molar-refractivity contribution in [3.63, 3.8) is 0 Å². The van der Waals surface area contributed by atoms with E-state index in [4.69, 9.17) is 10.5 Å². The fourth-order valence-corrected chi connectivity index (χ4v) is 2.44. The Kier molecular flexibility index (Phi) is 4.86. The van der Waals surface area contributed by atoms with E-state index in [1.54, 1.807) is 7.11 Å². The van der Waals surface area contributed by atoms with Gasteiger partial charge in [-0.05, 0) is 32.0 Å². The number of likely N-dealkylation sites (N-methyl/N-ethyl adjacent to an activating group) is 1. The summed E-state index contributed by atoms with van der Waals surface area (Å²) in [6.45, 7) is 4.90. The Morgan fingerprint density at radius 1 is 1.05 bits per heavy atom. The molecule has 0 aliphatic rings. The molecule has 0 aliphatic carbocycles. The first-order chi connectivity index (χ1) is 10.0. The van der Waals surface area contributed by atoms with E-state index in [0.717, 1.165) is 17.9 Å². The van der Waals surface area contributed by atoms with E-state index < -0.39 is 0 Å². The molecule has 0 bridgehead atoms. The lowest BCUT2D eigenvalue weighted by atomic mass is 10.0. The van der Waals surface area contributed by atoms with E-state index in [0.29, 0.717) is 0 Å². The second-order valence-corrected chi connectivity index (χ2v) is 5.57. The topological polar surface area (TPSA) is 38.5 Å². The molecular weight excluding hydrogens is 260 g/mol. The summed E-state index contributed by atoms with van der Waals surface area (Å²) in [5, 5.41) is 0. The molecule has 0 heterocycles. The zero-order chi connectivity index (χ0) is 15.4. The average Bonchev–Trinajstić information content (AvgIpc) is 2.47. The van der Waals surface area contributed by atoms with E-state index in [2.05, 4.69) is 56.1 Å². The van der Waals surface area contributed by atoms with Crippen LogP contribution >= 0.6 is 0 Å². The Labute approximate surface area is 127 Å². The van der Waals surface area contributed by atoms with Gasteiger partial charge < -0.3 is 15.4 Å². The van der Waals surface area contributed by atoms with Crippen LogP contribution in [0.3, 0.4) is 0 Å². The zero-order valence-electron chi connectivity index (χ0n) is 13.3. The van der Waals surface area contributed by atoms with Crippen LogP contribution in [0.25, 0.3) is 0 Å². The van der Waals surface area contributed by atoms with Crippen LogP contribution in [0, 0.1) is 13.8 Å². The van der Waals surface area contributed by atoms with Gasteiger partial charge in [-0.25, -0.2) is 0 Å². The number of hydrogen-bond acceptors (Lipinski definition) is 3. The number of hydrogen-bond donors (Lipinski definition) is 1. The minimum absolute atomic E-state index is 0.0915. The van der Waals surface area contributed by atoms with Gasteiger partial charge in [0.15, 0.2) is 0 Å². The number of rotatable bonds is 5. The first-order valence-corrected chi connectivity index (χ1v) is 7.19. The third-order valence-corrected chi connectivity index (χ3v) is 3.73. The van der Waals surface area contributed by atoms with Gasteiger partial charge in [0.1, 0.15) is 5.75 Å². The maximum absolute atomic E-state index is 6.39. The van der Waals surface area contributed by atoms with Gasteiger partial charge in [-0.2, -0.15) is 0 Å². The second kappa shape index (κ2) is 6.64. The van der Waals surface area contributed by atoms with E-state index in [-0.39, 0.29) is 6.04 Å². The number of nitrogens with zero attached hydrogens (tertiary/aromatic N) is 1. The van der Waals surface area contributed by atoms with Gasteiger partial charge in [0.05, 0.1) is 13.2 Å². The molecule has 0 radical (unpaired) electrons. The van der Waals surface area contributed by atoms with Gasteiger partial charge >= 0.3 is 0 Å². The van der Waals surface area contributed by atoms with E-state index in [1.807, 2.05) is 12.1 Å². The highest BCUT2D eigenvalue weighted by atomic mass is 16.5. The lowest BCUT2D eigenvalue weighted by Crippen LogP contribution is -2.29. The second-order valence-electron chi connectivity index (χ2n) is 5.57. The highest BCUT2D eigenvalue weighted by Gasteiger charge is 2.14. The van der Waals surface area contributed by atoms with Crippen molar-refractivity contribution >= 4 is 5.69 Å². The highest BCUT2D eigenvalue weighted by molar-refractivity contribution is 5.48. The van der Waals surface area contributed by atoms with Gasteiger partial charge in [-0.15, -0.1) is 0 Å². The Bertz CT molecular complexity index is 593. The van der Waals surface area contributed by atoms with Gasteiger partial charge in [-0.3, -0.25) is 0 Å². The predicted octanol–water partition coefficient (Wildman–Crippen LogP) is 3.45. The molecule has 112 valence electrons. The normalized spacial score (nSPS) is 12.0. The largest absolute Gasteiger partial charge is 0.496 e. The van der Waals surface area contributed by atoms with Crippen LogP contribution in [0.4, 0.5) is 5.69 Å². The number of benzene rings is 2. The number of anilines is 1. The summed E-state index contributed by atoms with van der Waals surface area (Å²) in [5.74, 6) is 0.852. The van der Waals surface area contributed by atoms with E-state index in [9.17, 15) is 0 Å². The smallest absolute Gasteiger partial charge is 0.123 e. The van der Waals surface area contributed by atoms with Crippen molar-refractivity contribution in [2.45, 2.75) is 19.9 Å². The van der Waals surface area contributed by atoms with Gasteiger partial charge in [0.25, 0.3) is 0 Å². The Balaban J connectivity index is 2.15. The molecule has 1 atom stereocenters. The molecule has 0 amide bonds. The number of ether oxygens (including phenoxy) is 1. The Hall–Kier alpha value is -2.00. The summed E-state index contributed by atoms with van der Waals surface area (Å²) in [4.78, 5) is 2.17. The number of methoxy groups -OCH3 is 1. The maximum atomic E-state index is 6.39. The van der Waals surface area contributed by atoms with E-state index >= 15 is 0 Å². The van der Waals surface area contributed by atoms with Crippen molar-refractivity contribution in [2.24, 2.45) is 5.73 Å². The summed E-state index contributed by atoms with van der Waals surface area (Å²) in [5.41, 5.74) is 11.1. The lowest BCUT2D eigenvalue weighted by molar-refractivity contribution is 0.405. The first-order valence-electron chi connectivity index (χ1n) is 7.19. The van der Waals surface area contributed by atoms with Crippen molar-refractivity contribution in [1.29, 1.82) is 0 Å². The van der Waals surface area contributed by atoms with Crippen LogP contribution in [0.15, 0.2) is 42.5 Å². The summed E-state index contributed by atoms with van der Waals surface area (Å²) in [6.07, 6.45) is 0. The summed E-state index contributed by atoms with van der Waals surface area (Å²) in [6, 6.07) is 14.5. The molecule has 2 rings (SSSR count). The van der Waals surface area contributed by atoms with Crippen molar-refractivity contribution in [3.05, 3.63) is 59.2 Å². The Morgan fingerprint density at radius 3 is 2.29 bits per heavy atom. The highest BCUT2D eigenvalue weighted by Crippen LogP contribution is 2.26. The number of nitrogens with two attached hydrogens (primary N) is 1. The lowest BCUT2D eigenvalue weighted by Gasteiger charge is -2.25. The molecule has 0 aliphatic heterocycles. The van der Waals surface area contributed by atoms with Gasteiger partial charge in [-0.1, -0.05) is 35.4 Å². The van der Waals surface area contributed by atoms with Crippen LogP contribution in [0.1, 0.15) is 22.7 Å². The maximum Gasteiger partial charge on any atom is 0.123 e. The quantitative estimate of drug-likeness (QED) is 0.914. The molecule has 3 heteroatoms. The minimum atomic E-state index is -0.0915. The first kappa shape index (κ1) is 15.4. The zero-order valence-corrected chi connectivity index (χ0v) is 13.3. The van der Waals surface area contributed by atoms with Crippen LogP contribution in [0.5, 0.6) is 5.75 Å². The molecule has 21 heavy (non-hydrogen) atoms. The molecular formula is C18H24N2O. The predicted molar refractivity (Wildman–Crippen MR) is 89.1 cm³/mol. The van der Waals surface area contributed by atoms with Crippen molar-refractivity contribution < 1.29 is 4.74 Å². The van der Waals surface area contributed by atoms with Gasteiger partial charge in [0, 0.05) is 24.8 Å². The van der Waals surface area contributed by atoms with Crippen LogP contribution < -0.4 is 15.4 Å². The molecule has 2 N–H and O–H groups in total. The average molecular weight is 284 g/mol. The number of aryl methyl sites for hydroxylation is 2. The van der Waals surface area contributed by atoms with E-state index in [1.165, 1.54) is 16.8 Å². The van der Waals surface area contributed by atoms with Crippen molar-refractivity contribution in [3.8, 4) is 5.75 Å². The summed E-state index contributed by atoms with van der Waals surface area (Å²) < 4.78 is 5.43. The molecule has 2 aromatic rings. The minimum Gasteiger partial charge on any atom is -0.496 e. The SMILES string of the molecule is COc1ccc(C)cc1C(N)CN(C)c1ccc(C)cc1. The fourth-order valence-electron chi connectivity index (χ4n) is 2.44. The Morgan fingerprint density at radius 2 is 1.67 bits per heavy atom. The molecule has 0 spiro atoms. The summed E-state index contributed by atoms with van der Waals surface area (Å²) >= 11 is 0. The third kappa shape index (κ3) is 3.76. The molecule has 3 nitrogen and oxygen atoms in total. The third-order valence-electron chi connectivity index (χ3n) is 3.73. The van der Waals surface area contributed by atoms with Crippen LogP contribution in [-0.2, 0) is 0 Å². The van der Waals surface area contributed by atoms with Crippen molar-refractivity contribution in [1.82, 2.24) is 0 Å². The van der Waals surface area contributed by atoms with Crippen LogP contribution in [0.2, 0.25) is 0 Å². The molecule has 0 saturated heterocycles. The molecule has 1 unspecified atom stereocenters. The standard InChI is InChI=1S/C18H24N2O/c1-13-5-8-15(9-6-13)20(3)12-17(19)16-11-14(2)7-10-18(16)21-4/h5-11,17H,12,19H2,1-4H3. The molecule has 2 aromatic carbocycles. The van der Waals surface area contributed by atoms with Gasteiger partial charge in [0.2, 0.25) is 0 Å². The van der Waals surface area contributed by atoms with Crippen LogP contribution in [-0.4, -0.2) is 20.7 Å². The molecule has 0 fully saturated rings. The molecule has 0 saturated carbocycles. The summed E-state index contributed by atoms with van der Waals surface area (Å²) in [7, 11) is 3.75. The molecule has 0 aromatic heterocycles.